The van der Waals surface area contributed by atoms with Crippen molar-refractivity contribution in [3.05, 3.63) is 65.4 Å². The molecular formula is C22H24N2O3. The highest BCUT2D eigenvalue weighted by atomic mass is 16.5. The first-order valence-electron chi connectivity index (χ1n) is 9.08. The Bertz CT molecular complexity index is 988. The number of aryl methyl sites for hydroxylation is 3. The van der Waals surface area contributed by atoms with Crippen LogP contribution in [0.25, 0.3) is 10.9 Å². The van der Waals surface area contributed by atoms with Gasteiger partial charge in [-0.15, -0.1) is 0 Å². The second-order valence-corrected chi connectivity index (χ2v) is 6.60. The molecule has 3 aromatic rings. The molecule has 0 fully saturated rings. The lowest BCUT2D eigenvalue weighted by Crippen LogP contribution is -2.24. The van der Waals surface area contributed by atoms with Crippen molar-refractivity contribution in [1.29, 1.82) is 0 Å². The number of hydrogen-bond acceptors (Lipinski definition) is 3. The summed E-state index contributed by atoms with van der Waals surface area (Å²) in [5.74, 6) is -0.767. The molecule has 5 nitrogen and oxygen atoms in total. The van der Waals surface area contributed by atoms with Gasteiger partial charge in [-0.25, -0.2) is 0 Å². The number of rotatable bonds is 6. The number of benzene rings is 2. The molecule has 2 aromatic carbocycles. The maximum absolute atomic E-state index is 12.2. The van der Waals surface area contributed by atoms with Crippen molar-refractivity contribution >= 4 is 28.5 Å². The molecule has 3 rings (SSSR count). The Labute approximate surface area is 158 Å². The third-order valence-electron chi connectivity index (χ3n) is 4.67. The van der Waals surface area contributed by atoms with Gasteiger partial charge in [0.2, 0.25) is 0 Å². The van der Waals surface area contributed by atoms with E-state index in [1.165, 1.54) is 0 Å². The largest absolute Gasteiger partial charge is 0.454 e. The van der Waals surface area contributed by atoms with Gasteiger partial charge in [0.05, 0.1) is 0 Å². The van der Waals surface area contributed by atoms with E-state index in [0.29, 0.717) is 0 Å². The Morgan fingerprint density at radius 1 is 1.07 bits per heavy atom. The molecule has 0 aliphatic carbocycles. The number of carbonyl (C=O) groups is 2. The van der Waals surface area contributed by atoms with Gasteiger partial charge in [0.15, 0.2) is 6.61 Å². The molecule has 1 heterocycles. The lowest BCUT2D eigenvalue weighted by atomic mass is 10.1. The fourth-order valence-electron chi connectivity index (χ4n) is 3.26. The Hall–Kier alpha value is -3.08. The zero-order valence-electron chi connectivity index (χ0n) is 15.9. The normalized spacial score (nSPS) is 10.8. The number of aromatic nitrogens is 1. The van der Waals surface area contributed by atoms with Crippen LogP contribution in [-0.2, 0) is 27.3 Å². The van der Waals surface area contributed by atoms with E-state index in [-0.39, 0.29) is 19.1 Å². The number of carbonyl (C=O) groups excluding carboxylic acids is 2. The Balaban J connectivity index is 1.61. The molecule has 0 aliphatic rings. The first kappa shape index (κ1) is 18.7. The summed E-state index contributed by atoms with van der Waals surface area (Å²) in [5.41, 5.74) is 4.80. The van der Waals surface area contributed by atoms with Crippen LogP contribution in [-0.4, -0.2) is 23.1 Å². The summed E-state index contributed by atoms with van der Waals surface area (Å²) >= 11 is 0. The van der Waals surface area contributed by atoms with Gasteiger partial charge in [-0.05, 0) is 48.9 Å². The monoisotopic (exact) mass is 364 g/mol. The number of amides is 1. The number of nitrogens with one attached hydrogen (secondary N) is 1. The zero-order valence-corrected chi connectivity index (χ0v) is 15.9. The second kappa shape index (κ2) is 8.08. The Kier molecular flexibility index (Phi) is 5.60. The van der Waals surface area contributed by atoms with Crippen LogP contribution in [0.3, 0.4) is 0 Å². The first-order valence-corrected chi connectivity index (χ1v) is 9.08. The fourth-order valence-corrected chi connectivity index (χ4v) is 3.26. The third kappa shape index (κ3) is 4.19. The van der Waals surface area contributed by atoms with Crippen LogP contribution in [0.1, 0.15) is 23.7 Å². The quantitative estimate of drug-likeness (QED) is 0.673. The topological polar surface area (TPSA) is 60.3 Å². The molecule has 5 heteroatoms. The molecule has 0 atom stereocenters. The van der Waals surface area contributed by atoms with E-state index in [2.05, 4.69) is 5.32 Å². The molecular weight excluding hydrogens is 340 g/mol. The van der Waals surface area contributed by atoms with Gasteiger partial charge in [-0.1, -0.05) is 43.3 Å². The summed E-state index contributed by atoms with van der Waals surface area (Å²) in [6.45, 7) is 5.71. The van der Waals surface area contributed by atoms with E-state index in [4.69, 9.17) is 4.74 Å². The standard InChI is InChI=1S/C22H24N2O3/c1-4-17-10-7-8-15(2)22(17)23-20(25)14-27-21(26)13-24-16(3)12-18-9-5-6-11-19(18)24/h5-12H,4,13-14H2,1-3H3,(H,23,25). The molecule has 140 valence electrons. The molecule has 0 radical (unpaired) electrons. The molecule has 1 N–H and O–H groups in total. The highest BCUT2D eigenvalue weighted by molar-refractivity contribution is 5.94. The number of esters is 1. The molecule has 0 bridgehead atoms. The van der Waals surface area contributed by atoms with Crippen LogP contribution < -0.4 is 5.32 Å². The van der Waals surface area contributed by atoms with Crippen molar-refractivity contribution in [2.24, 2.45) is 0 Å². The number of fused-ring (bicyclic) bond motifs is 1. The molecule has 0 saturated carbocycles. The summed E-state index contributed by atoms with van der Waals surface area (Å²) in [5, 5.41) is 3.94. The van der Waals surface area contributed by atoms with E-state index in [9.17, 15) is 9.59 Å². The van der Waals surface area contributed by atoms with Gasteiger partial charge in [0.1, 0.15) is 6.54 Å². The Morgan fingerprint density at radius 3 is 2.63 bits per heavy atom. The van der Waals surface area contributed by atoms with E-state index < -0.39 is 5.97 Å². The number of anilines is 1. The summed E-state index contributed by atoms with van der Waals surface area (Å²) in [7, 11) is 0. The lowest BCUT2D eigenvalue weighted by molar-refractivity contribution is -0.147. The minimum atomic E-state index is -0.435. The van der Waals surface area contributed by atoms with Gasteiger partial charge >= 0.3 is 5.97 Å². The van der Waals surface area contributed by atoms with Crippen LogP contribution in [0.2, 0.25) is 0 Å². The maximum atomic E-state index is 12.2. The molecule has 0 saturated heterocycles. The minimum absolute atomic E-state index is 0.0806. The average Bonchev–Trinajstić information content (AvgIpc) is 2.97. The molecule has 0 aliphatic heterocycles. The van der Waals surface area contributed by atoms with E-state index in [1.807, 2.05) is 73.9 Å². The predicted octanol–water partition coefficient (Wildman–Crippen LogP) is 4.00. The molecule has 1 aromatic heterocycles. The average molecular weight is 364 g/mol. The van der Waals surface area contributed by atoms with Crippen molar-refractivity contribution in [2.75, 3.05) is 11.9 Å². The molecule has 1 amide bonds. The highest BCUT2D eigenvalue weighted by Crippen LogP contribution is 2.21. The molecule has 0 spiro atoms. The summed E-state index contributed by atoms with van der Waals surface area (Å²) in [6, 6.07) is 15.8. The van der Waals surface area contributed by atoms with Gasteiger partial charge < -0.3 is 14.6 Å². The predicted molar refractivity (Wildman–Crippen MR) is 107 cm³/mol. The summed E-state index contributed by atoms with van der Waals surface area (Å²) in [4.78, 5) is 24.5. The number of hydrogen-bond donors (Lipinski definition) is 1. The van der Waals surface area contributed by atoms with Gasteiger partial charge in [-0.2, -0.15) is 0 Å². The van der Waals surface area contributed by atoms with Crippen molar-refractivity contribution in [3.8, 4) is 0 Å². The van der Waals surface area contributed by atoms with Gasteiger partial charge in [0, 0.05) is 16.9 Å². The van der Waals surface area contributed by atoms with Crippen LogP contribution in [0.15, 0.2) is 48.5 Å². The fraction of sp³-hybridized carbons (Fsp3) is 0.273. The van der Waals surface area contributed by atoms with Crippen molar-refractivity contribution in [2.45, 2.75) is 33.7 Å². The van der Waals surface area contributed by atoms with Crippen molar-refractivity contribution < 1.29 is 14.3 Å². The van der Waals surface area contributed by atoms with Crippen molar-refractivity contribution in [3.63, 3.8) is 0 Å². The molecule has 27 heavy (non-hydrogen) atoms. The van der Waals surface area contributed by atoms with E-state index >= 15 is 0 Å². The SMILES string of the molecule is CCc1cccc(C)c1NC(=O)COC(=O)Cn1c(C)cc2ccccc21. The van der Waals surface area contributed by atoms with Gasteiger partial charge in [-0.3, -0.25) is 9.59 Å². The summed E-state index contributed by atoms with van der Waals surface area (Å²) in [6.07, 6.45) is 0.817. The first-order chi connectivity index (χ1) is 13.0. The summed E-state index contributed by atoms with van der Waals surface area (Å²) < 4.78 is 7.09. The smallest absolute Gasteiger partial charge is 0.326 e. The Morgan fingerprint density at radius 2 is 1.85 bits per heavy atom. The zero-order chi connectivity index (χ0) is 19.4. The maximum Gasteiger partial charge on any atom is 0.326 e. The van der Waals surface area contributed by atoms with Crippen LogP contribution in [0.5, 0.6) is 0 Å². The van der Waals surface area contributed by atoms with Crippen LogP contribution in [0.4, 0.5) is 5.69 Å². The minimum Gasteiger partial charge on any atom is -0.454 e. The van der Waals surface area contributed by atoms with Gasteiger partial charge in [0.25, 0.3) is 5.91 Å². The third-order valence-corrected chi connectivity index (χ3v) is 4.67. The van der Waals surface area contributed by atoms with E-state index in [0.717, 1.165) is 39.8 Å². The second-order valence-electron chi connectivity index (χ2n) is 6.60. The molecule has 0 unspecified atom stereocenters. The lowest BCUT2D eigenvalue weighted by Gasteiger charge is -2.13. The van der Waals surface area contributed by atoms with Crippen molar-refractivity contribution in [1.82, 2.24) is 4.57 Å². The number of para-hydroxylation sites is 2. The van der Waals surface area contributed by atoms with Crippen LogP contribution >= 0.6 is 0 Å². The van der Waals surface area contributed by atoms with Crippen LogP contribution in [0, 0.1) is 13.8 Å². The highest BCUT2D eigenvalue weighted by Gasteiger charge is 2.13. The number of ether oxygens (including phenoxy) is 1. The van der Waals surface area contributed by atoms with E-state index in [1.54, 1.807) is 0 Å². The number of nitrogens with zero attached hydrogens (tertiary/aromatic N) is 1.